The second-order valence-corrected chi connectivity index (χ2v) is 5.13. The first-order valence-corrected chi connectivity index (χ1v) is 3.84. The Morgan fingerprint density at radius 3 is 1.00 bits per heavy atom. The molecule has 0 amide bonds. The van der Waals surface area contributed by atoms with E-state index in [9.17, 15) is 5.11 Å². The van der Waals surface area contributed by atoms with Crippen molar-refractivity contribution in [3.63, 3.8) is 0 Å². The van der Waals surface area contributed by atoms with Gasteiger partial charge in [-0.25, -0.2) is 0 Å². The molecule has 0 aromatic carbocycles. The standard InChI is InChI=1S/C9H20O/c1-8(2,3)7(10)9(4,5)6/h7,10H,1-6H3. The maximum absolute atomic E-state index is 9.72. The maximum atomic E-state index is 9.72. The third-order valence-corrected chi connectivity index (χ3v) is 1.64. The van der Waals surface area contributed by atoms with Crippen LogP contribution in [0.1, 0.15) is 41.5 Å². The Hall–Kier alpha value is -0.0400. The zero-order chi connectivity index (χ0) is 8.58. The van der Waals surface area contributed by atoms with Gasteiger partial charge in [0.1, 0.15) is 0 Å². The number of aliphatic hydroxyl groups excluding tert-OH is 1. The Balaban J connectivity index is 4.23. The van der Waals surface area contributed by atoms with Crippen LogP contribution in [0.4, 0.5) is 0 Å². The lowest BCUT2D eigenvalue weighted by Crippen LogP contribution is -2.37. The summed E-state index contributed by atoms with van der Waals surface area (Å²) in [5, 5.41) is 9.72. The average Bonchev–Trinajstić information content (AvgIpc) is 1.59. The van der Waals surface area contributed by atoms with Gasteiger partial charge >= 0.3 is 0 Å². The minimum Gasteiger partial charge on any atom is -0.392 e. The van der Waals surface area contributed by atoms with Crippen molar-refractivity contribution in [1.29, 1.82) is 0 Å². The van der Waals surface area contributed by atoms with Crippen LogP contribution in [0.2, 0.25) is 0 Å². The Morgan fingerprint density at radius 2 is 1.00 bits per heavy atom. The summed E-state index contributed by atoms with van der Waals surface area (Å²) < 4.78 is 0. The SMILES string of the molecule is CC(C)(C)C(O)C(C)(C)C. The molecule has 0 aliphatic heterocycles. The van der Waals surface area contributed by atoms with Crippen molar-refractivity contribution in [2.75, 3.05) is 0 Å². The summed E-state index contributed by atoms with van der Waals surface area (Å²) in [7, 11) is 0. The lowest BCUT2D eigenvalue weighted by Gasteiger charge is -2.36. The van der Waals surface area contributed by atoms with Crippen molar-refractivity contribution in [1.82, 2.24) is 0 Å². The number of aliphatic hydroxyl groups is 1. The molecule has 62 valence electrons. The Morgan fingerprint density at radius 1 is 0.800 bits per heavy atom. The van der Waals surface area contributed by atoms with Crippen molar-refractivity contribution in [3.8, 4) is 0 Å². The molecule has 0 atom stereocenters. The van der Waals surface area contributed by atoms with Crippen LogP contribution < -0.4 is 0 Å². The molecule has 0 unspecified atom stereocenters. The molecule has 0 saturated carbocycles. The van der Waals surface area contributed by atoms with Crippen molar-refractivity contribution in [2.45, 2.75) is 47.6 Å². The summed E-state index contributed by atoms with van der Waals surface area (Å²) in [6, 6.07) is 0. The van der Waals surface area contributed by atoms with E-state index in [2.05, 4.69) is 41.5 Å². The van der Waals surface area contributed by atoms with Crippen LogP contribution in [-0.2, 0) is 0 Å². The molecule has 0 radical (unpaired) electrons. The first kappa shape index (κ1) is 9.96. The van der Waals surface area contributed by atoms with E-state index in [0.717, 1.165) is 0 Å². The summed E-state index contributed by atoms with van der Waals surface area (Å²) in [6.45, 7) is 12.4. The van der Waals surface area contributed by atoms with E-state index in [1.54, 1.807) is 0 Å². The van der Waals surface area contributed by atoms with E-state index < -0.39 is 0 Å². The summed E-state index contributed by atoms with van der Waals surface area (Å²) in [4.78, 5) is 0. The van der Waals surface area contributed by atoms with E-state index in [1.165, 1.54) is 0 Å². The topological polar surface area (TPSA) is 20.2 Å². The highest BCUT2D eigenvalue weighted by atomic mass is 16.3. The molecule has 0 bridgehead atoms. The van der Waals surface area contributed by atoms with Crippen LogP contribution >= 0.6 is 0 Å². The summed E-state index contributed by atoms with van der Waals surface area (Å²) in [5.41, 5.74) is -0.00347. The van der Waals surface area contributed by atoms with Gasteiger partial charge in [-0.1, -0.05) is 41.5 Å². The number of rotatable bonds is 0. The molecule has 0 aromatic heterocycles. The molecule has 1 heteroatoms. The molecule has 0 spiro atoms. The summed E-state index contributed by atoms with van der Waals surface area (Å²) in [5.74, 6) is 0. The first-order valence-electron chi connectivity index (χ1n) is 3.84. The fourth-order valence-electron chi connectivity index (χ4n) is 1.30. The molecular weight excluding hydrogens is 124 g/mol. The second kappa shape index (κ2) is 2.54. The fourth-order valence-corrected chi connectivity index (χ4v) is 1.30. The van der Waals surface area contributed by atoms with Gasteiger partial charge < -0.3 is 5.11 Å². The van der Waals surface area contributed by atoms with Crippen LogP contribution in [-0.4, -0.2) is 11.2 Å². The normalized spacial score (nSPS) is 14.4. The zero-order valence-electron chi connectivity index (χ0n) is 8.02. The van der Waals surface area contributed by atoms with Gasteiger partial charge in [0.25, 0.3) is 0 Å². The van der Waals surface area contributed by atoms with Gasteiger partial charge in [0.2, 0.25) is 0 Å². The third-order valence-electron chi connectivity index (χ3n) is 1.64. The molecule has 0 rings (SSSR count). The van der Waals surface area contributed by atoms with Crippen LogP contribution in [0.3, 0.4) is 0 Å². The van der Waals surface area contributed by atoms with E-state index in [-0.39, 0.29) is 16.9 Å². The highest BCUT2D eigenvalue weighted by Gasteiger charge is 2.32. The van der Waals surface area contributed by atoms with Crippen molar-refractivity contribution < 1.29 is 5.11 Å². The van der Waals surface area contributed by atoms with Crippen LogP contribution in [0.25, 0.3) is 0 Å². The monoisotopic (exact) mass is 144 g/mol. The molecule has 1 N–H and O–H groups in total. The van der Waals surface area contributed by atoms with Crippen molar-refractivity contribution in [2.24, 2.45) is 10.8 Å². The number of hydrogen-bond acceptors (Lipinski definition) is 1. The predicted octanol–water partition coefficient (Wildman–Crippen LogP) is 2.44. The van der Waals surface area contributed by atoms with Crippen LogP contribution in [0.15, 0.2) is 0 Å². The molecule has 0 aromatic rings. The van der Waals surface area contributed by atoms with Gasteiger partial charge in [-0.3, -0.25) is 0 Å². The molecule has 0 aliphatic rings. The van der Waals surface area contributed by atoms with Gasteiger partial charge in [-0.05, 0) is 10.8 Å². The molecular formula is C9H20O. The van der Waals surface area contributed by atoms with E-state index in [0.29, 0.717) is 0 Å². The largest absolute Gasteiger partial charge is 0.392 e. The Bertz CT molecular complexity index is 88.9. The molecule has 0 heterocycles. The molecule has 0 fully saturated rings. The fraction of sp³-hybridized carbons (Fsp3) is 1.00. The first-order chi connectivity index (χ1) is 4.15. The lowest BCUT2D eigenvalue weighted by atomic mass is 9.74. The predicted molar refractivity (Wildman–Crippen MR) is 44.9 cm³/mol. The van der Waals surface area contributed by atoms with Gasteiger partial charge in [0.05, 0.1) is 6.10 Å². The minimum atomic E-state index is -0.236. The smallest absolute Gasteiger partial charge is 0.0636 e. The van der Waals surface area contributed by atoms with Crippen molar-refractivity contribution in [3.05, 3.63) is 0 Å². The summed E-state index contributed by atoms with van der Waals surface area (Å²) in [6.07, 6.45) is -0.236. The van der Waals surface area contributed by atoms with Gasteiger partial charge in [0.15, 0.2) is 0 Å². The van der Waals surface area contributed by atoms with Gasteiger partial charge in [-0.15, -0.1) is 0 Å². The highest BCUT2D eigenvalue weighted by molar-refractivity contribution is 4.82. The second-order valence-electron chi connectivity index (χ2n) is 5.13. The summed E-state index contributed by atoms with van der Waals surface area (Å²) >= 11 is 0. The van der Waals surface area contributed by atoms with Crippen LogP contribution in [0.5, 0.6) is 0 Å². The average molecular weight is 144 g/mol. The Labute approximate surface area is 64.5 Å². The van der Waals surface area contributed by atoms with E-state index in [4.69, 9.17) is 0 Å². The van der Waals surface area contributed by atoms with Crippen LogP contribution in [0, 0.1) is 10.8 Å². The minimum absolute atomic E-state index is 0.00174. The van der Waals surface area contributed by atoms with Gasteiger partial charge in [-0.2, -0.15) is 0 Å². The van der Waals surface area contributed by atoms with Crippen molar-refractivity contribution >= 4 is 0 Å². The highest BCUT2D eigenvalue weighted by Crippen LogP contribution is 2.32. The molecule has 0 saturated heterocycles. The van der Waals surface area contributed by atoms with E-state index in [1.807, 2.05) is 0 Å². The molecule has 10 heavy (non-hydrogen) atoms. The van der Waals surface area contributed by atoms with E-state index >= 15 is 0 Å². The maximum Gasteiger partial charge on any atom is 0.0636 e. The molecule has 1 nitrogen and oxygen atoms in total. The zero-order valence-corrected chi connectivity index (χ0v) is 8.02. The third kappa shape index (κ3) is 2.70. The van der Waals surface area contributed by atoms with Gasteiger partial charge in [0, 0.05) is 0 Å². The number of hydrogen-bond donors (Lipinski definition) is 1. The lowest BCUT2D eigenvalue weighted by molar-refractivity contribution is -0.0229. The Kier molecular flexibility index (Phi) is 2.53. The quantitative estimate of drug-likeness (QED) is 0.553. The molecule has 0 aliphatic carbocycles.